The van der Waals surface area contributed by atoms with Crippen LogP contribution in [-0.2, 0) is 112 Å². The molecule has 0 saturated carbocycles. The Labute approximate surface area is 850 Å². The molecule has 9 aromatic rings. The molecular formula is C119H101FO27. The molecular weight excluding hydrogens is 1880 g/mol. The van der Waals surface area contributed by atoms with E-state index in [-0.39, 0.29) is 95.2 Å². The summed E-state index contributed by atoms with van der Waals surface area (Å²) in [6.45, 7) is 51.3. The second-order valence-corrected chi connectivity index (χ2v) is 30.5. The number of rotatable bonds is 42. The first-order chi connectivity index (χ1) is 70.5. The second kappa shape index (κ2) is 59.6. The molecule has 0 radical (unpaired) electrons. The van der Waals surface area contributed by atoms with Gasteiger partial charge in [0.05, 0.1) is 48.3 Å². The van der Waals surface area contributed by atoms with Crippen LogP contribution in [0.3, 0.4) is 0 Å². The van der Waals surface area contributed by atoms with E-state index in [1.165, 1.54) is 50.8 Å². The Morgan fingerprint density at radius 3 is 1.29 bits per heavy atom. The highest BCUT2D eigenvalue weighted by Gasteiger charge is 2.26. The Bertz CT molecular complexity index is 6970. The quantitative estimate of drug-likeness (QED) is 0.00652. The van der Waals surface area contributed by atoms with Crippen LogP contribution in [0.15, 0.2) is 345 Å². The Hall–Kier alpha value is -19.8. The van der Waals surface area contributed by atoms with E-state index in [1.807, 2.05) is 36.4 Å². The van der Waals surface area contributed by atoms with Gasteiger partial charge in [0.2, 0.25) is 0 Å². The fourth-order valence-corrected chi connectivity index (χ4v) is 11.6. The van der Waals surface area contributed by atoms with Gasteiger partial charge in [0.1, 0.15) is 72.4 Å². The third kappa shape index (κ3) is 38.7. The van der Waals surface area contributed by atoms with Crippen LogP contribution < -0.4 is 42.6 Å². The van der Waals surface area contributed by atoms with Crippen molar-refractivity contribution < 1.29 is 133 Å². The summed E-state index contributed by atoms with van der Waals surface area (Å²) in [7, 11) is 0. The molecule has 0 unspecified atom stereocenters. The normalized spacial score (nSPS) is 10.3. The van der Waals surface area contributed by atoms with Crippen LogP contribution in [-0.4, -0.2) is 84.8 Å². The van der Waals surface area contributed by atoms with Gasteiger partial charge in [-0.15, -0.1) is 0 Å². The van der Waals surface area contributed by atoms with Crippen LogP contribution >= 0.6 is 0 Å². The standard InChI is InChI=1S/C44H40O9.C38H31FO9.C37H30O9/c1-28(2)41(45)50-24-21-35-12-10-33(11-13-35)18-19-37-26-39(52-43(47)30(5)6)38(32(9)40(37)53-44(48)31(7)8)27-49-23-20-34-14-16-36(17-15-34)22-25-51-42(46)29(3)4;1-5-33(40)45-21-10-12-26-14-16-27(17-15-26)18-19-29-24-32(47-35(42)7-3)31(37(39)38(29)48-36(43)8-4)20-22-44-25-28-11-9-13-30(23-28)46-34(41)6-2;1-6-33(38)43-24-28-23-27(15-12-26-13-16-30(17-14-26)44-34(39)7-2)25(5)37(46-36(41)9-4)32(28)11-10-22-42-29-18-20-31(21-19-29)45-35(40)8-3/h10-17,20-26H,1,3,5,7,27H2,2,4,6,8-9H3;5-9,11,13-17,20,22-24H,1-4,10,12,21,25H2;6-11,13-14,16-21,23H,1-4,22,24H2,5H3/b23-20+,24-21+,25-22+;22-20+;11-10+. The molecule has 147 heavy (non-hydrogen) atoms. The molecule has 0 spiro atoms. The Morgan fingerprint density at radius 1 is 0.340 bits per heavy atom. The van der Waals surface area contributed by atoms with Crippen molar-refractivity contribution in [3.63, 3.8) is 0 Å². The zero-order chi connectivity index (χ0) is 107. The molecule has 0 aliphatic rings. The minimum absolute atomic E-state index is 0.00278. The average Bonchev–Trinajstić information content (AvgIpc) is 0.788. The third-order valence-corrected chi connectivity index (χ3v) is 19.2. The van der Waals surface area contributed by atoms with Crippen molar-refractivity contribution >= 4 is 102 Å². The predicted molar refractivity (Wildman–Crippen MR) is 553 cm³/mol. The zero-order valence-corrected chi connectivity index (χ0v) is 81.3. The number of ether oxygens (including phenoxy) is 15. The SMILES string of the molecule is C=C(C)C(=O)O/C=C/c1ccc(C#Cc2cc(OC(=O)C(=C)C)c(CO/C=C/c3ccc(/C=C/OC(=O)C(=C)C)cc3)c(C)c2OC(=O)C(=C)C)cc1.C=CC(=O)OCCCc1ccc(C#Cc2cc(OC(=O)C=C)c(/C=C/OCc3cccc(OC(=O)C=C)c3)c(F)c2OC(=O)C=C)cc1.C=CC(=O)OCc1cc(C#Cc2ccc(OC(=O)C=C)cc2)c(C)c(OC(=O)C=C)c1/C=C/COc1ccc(OC(=O)C=C)cc1. The summed E-state index contributed by atoms with van der Waals surface area (Å²) in [4.78, 5) is 143. The lowest BCUT2D eigenvalue weighted by Crippen LogP contribution is -2.14. The maximum atomic E-state index is 16.0. The van der Waals surface area contributed by atoms with Crippen LogP contribution in [0.4, 0.5) is 4.39 Å². The molecule has 28 heteroatoms. The lowest BCUT2D eigenvalue weighted by atomic mass is 9.97. The van der Waals surface area contributed by atoms with Crippen LogP contribution in [0.5, 0.6) is 51.7 Å². The van der Waals surface area contributed by atoms with Gasteiger partial charge in [-0.3, -0.25) is 0 Å². The van der Waals surface area contributed by atoms with E-state index in [2.05, 4.69) is 114 Å². The van der Waals surface area contributed by atoms with Crippen molar-refractivity contribution in [2.75, 3.05) is 13.2 Å². The fourth-order valence-electron chi connectivity index (χ4n) is 11.6. The van der Waals surface area contributed by atoms with Gasteiger partial charge in [-0.1, -0.05) is 181 Å². The lowest BCUT2D eigenvalue weighted by Gasteiger charge is -2.18. The molecule has 0 atom stereocenters. The number of carbonyl (C=O) groups excluding carboxylic acids is 12. The number of esters is 12. The molecule has 9 aromatic carbocycles. The number of halogens is 1. The van der Waals surface area contributed by atoms with Gasteiger partial charge in [0.15, 0.2) is 11.6 Å². The van der Waals surface area contributed by atoms with Gasteiger partial charge in [-0.25, -0.2) is 61.9 Å². The molecule has 0 aliphatic heterocycles. The first-order valence-electron chi connectivity index (χ1n) is 44.1. The molecule has 0 bridgehead atoms. The number of hydrogen-bond acceptors (Lipinski definition) is 27. The molecule has 0 aliphatic carbocycles. The topological polar surface area (TPSA) is 343 Å². The molecule has 27 nitrogen and oxygen atoms in total. The highest BCUT2D eigenvalue weighted by molar-refractivity contribution is 5.93. The van der Waals surface area contributed by atoms with Gasteiger partial charge in [0, 0.05) is 133 Å². The molecule has 0 N–H and O–H groups in total. The van der Waals surface area contributed by atoms with E-state index < -0.39 is 83.2 Å². The minimum Gasteiger partial charge on any atom is -0.496 e. The van der Waals surface area contributed by atoms with E-state index in [0.29, 0.717) is 91.3 Å². The van der Waals surface area contributed by atoms with Gasteiger partial charge in [0.25, 0.3) is 0 Å². The number of hydrogen-bond donors (Lipinski definition) is 0. The zero-order valence-electron chi connectivity index (χ0n) is 81.3. The van der Waals surface area contributed by atoms with Crippen molar-refractivity contribution in [3.05, 3.63) is 445 Å². The largest absolute Gasteiger partial charge is 0.496 e. The van der Waals surface area contributed by atoms with Crippen molar-refractivity contribution in [2.45, 2.75) is 74.2 Å². The minimum atomic E-state index is -1.06. The Kier molecular flexibility index (Phi) is 46.3. The van der Waals surface area contributed by atoms with Gasteiger partial charge in [-0.05, 0) is 204 Å². The maximum absolute atomic E-state index is 16.0. The first kappa shape index (κ1) is 114. The molecule has 746 valence electrons. The van der Waals surface area contributed by atoms with E-state index in [0.717, 1.165) is 77.1 Å². The van der Waals surface area contributed by atoms with Crippen LogP contribution in [0.1, 0.15) is 129 Å². The van der Waals surface area contributed by atoms with E-state index in [9.17, 15) is 57.5 Å². The van der Waals surface area contributed by atoms with Gasteiger partial charge in [-0.2, -0.15) is 0 Å². The Balaban J connectivity index is 0.000000299. The molecule has 9 rings (SSSR count). The average molecular weight is 1980 g/mol. The summed E-state index contributed by atoms with van der Waals surface area (Å²) < 4.78 is 96.3. The number of aryl methyl sites for hydroxylation is 1. The van der Waals surface area contributed by atoms with E-state index in [4.69, 9.17) is 71.1 Å². The summed E-state index contributed by atoms with van der Waals surface area (Å²) in [6, 6.07) is 45.6. The summed E-state index contributed by atoms with van der Waals surface area (Å²) in [5.74, 6) is 10.2. The fraction of sp³-hybridized carbons (Fsp3) is 0.109. The number of carbonyl (C=O) groups is 12. The van der Waals surface area contributed by atoms with Crippen molar-refractivity contribution in [1.82, 2.24) is 0 Å². The van der Waals surface area contributed by atoms with Gasteiger partial charge >= 0.3 is 71.6 Å². The summed E-state index contributed by atoms with van der Waals surface area (Å²) in [5.41, 5.74) is 9.54. The lowest BCUT2D eigenvalue weighted by molar-refractivity contribution is -0.139. The first-order valence-corrected chi connectivity index (χ1v) is 44.1. The smallest absolute Gasteiger partial charge is 0.338 e. The third-order valence-electron chi connectivity index (χ3n) is 19.2. The molecule has 0 aromatic heterocycles. The monoisotopic (exact) mass is 1980 g/mol. The summed E-state index contributed by atoms with van der Waals surface area (Å²) in [5, 5.41) is 0. The van der Waals surface area contributed by atoms with Crippen LogP contribution in [0.2, 0.25) is 0 Å². The number of benzene rings is 9. The predicted octanol–water partition coefficient (Wildman–Crippen LogP) is 21.1. The Morgan fingerprint density at radius 2 is 0.762 bits per heavy atom. The summed E-state index contributed by atoms with van der Waals surface area (Å²) >= 11 is 0. The highest BCUT2D eigenvalue weighted by Crippen LogP contribution is 2.39. The molecule has 0 saturated heterocycles. The van der Waals surface area contributed by atoms with Crippen LogP contribution in [0.25, 0.3) is 30.4 Å². The van der Waals surface area contributed by atoms with Crippen molar-refractivity contribution in [3.8, 4) is 87.3 Å². The van der Waals surface area contributed by atoms with E-state index in [1.54, 1.807) is 173 Å². The van der Waals surface area contributed by atoms with Gasteiger partial charge < -0.3 is 71.1 Å². The summed E-state index contributed by atoms with van der Waals surface area (Å²) in [6.07, 6.45) is 24.1. The van der Waals surface area contributed by atoms with Crippen molar-refractivity contribution in [1.29, 1.82) is 0 Å². The van der Waals surface area contributed by atoms with Crippen LogP contribution in [0, 0.1) is 55.2 Å². The van der Waals surface area contributed by atoms with Crippen molar-refractivity contribution in [2.24, 2.45) is 0 Å². The molecule has 0 amide bonds. The molecule has 0 fully saturated rings. The highest BCUT2D eigenvalue weighted by atomic mass is 19.1. The van der Waals surface area contributed by atoms with E-state index >= 15 is 4.39 Å². The molecule has 0 heterocycles. The second-order valence-electron chi connectivity index (χ2n) is 30.5. The maximum Gasteiger partial charge on any atom is 0.338 e.